The molecular weight excluding hydrogens is 540 g/mol. The molecule has 5 heteroatoms. The summed E-state index contributed by atoms with van der Waals surface area (Å²) < 4.78 is 0. The minimum absolute atomic E-state index is 0.0109. The number of carbonyl (C=O) groups excluding carboxylic acids is 1. The predicted octanol–water partition coefficient (Wildman–Crippen LogP) is 9.33. The number of rotatable bonds is 11. The smallest absolute Gasteiger partial charge is 0.274 e. The molecule has 0 aliphatic carbocycles. The van der Waals surface area contributed by atoms with Gasteiger partial charge in [-0.3, -0.25) is 4.79 Å². The Morgan fingerprint density at radius 3 is 1.98 bits per heavy atom. The Bertz CT molecular complexity index is 1540. The molecule has 0 radical (unpaired) electrons. The van der Waals surface area contributed by atoms with E-state index in [1.165, 1.54) is 48.9 Å². The molecule has 0 saturated carbocycles. The monoisotopic (exact) mass is 586 g/mol. The summed E-state index contributed by atoms with van der Waals surface area (Å²) in [4.78, 5) is 13.3. The minimum atomic E-state index is -0.0109. The Kier molecular flexibility index (Phi) is 11.3. The van der Waals surface area contributed by atoms with Crippen molar-refractivity contribution in [2.24, 2.45) is 10.2 Å². The van der Waals surface area contributed by atoms with Gasteiger partial charge in [-0.1, -0.05) is 137 Å². The van der Waals surface area contributed by atoms with E-state index >= 15 is 0 Å². The van der Waals surface area contributed by atoms with Gasteiger partial charge in [-0.2, -0.15) is 10.2 Å². The highest BCUT2D eigenvalue weighted by molar-refractivity contribution is 6.08. The highest BCUT2D eigenvalue weighted by Crippen LogP contribution is 2.30. The SMILES string of the molecule is CCCCCC1=NN(C(=O)c2cccc3ccccc23)CC1c1ccccc1.CCCCCC1=NNCC1c1ccccc1. The third kappa shape index (κ3) is 7.82. The molecule has 228 valence electrons. The summed E-state index contributed by atoms with van der Waals surface area (Å²) in [6.07, 6.45) is 9.43. The number of fused-ring (bicyclic) bond motifs is 1. The number of nitrogens with one attached hydrogen (secondary N) is 1. The Hall–Kier alpha value is -4.25. The number of amides is 1. The molecule has 44 heavy (non-hydrogen) atoms. The van der Waals surface area contributed by atoms with Crippen LogP contribution < -0.4 is 5.43 Å². The van der Waals surface area contributed by atoms with Gasteiger partial charge in [-0.25, -0.2) is 5.01 Å². The van der Waals surface area contributed by atoms with E-state index in [9.17, 15) is 4.79 Å². The number of unbranched alkanes of at least 4 members (excludes halogenated alkanes) is 4. The highest BCUT2D eigenvalue weighted by Gasteiger charge is 2.31. The van der Waals surface area contributed by atoms with E-state index in [0.29, 0.717) is 12.5 Å². The maximum absolute atomic E-state index is 13.3. The largest absolute Gasteiger partial charge is 0.309 e. The van der Waals surface area contributed by atoms with Gasteiger partial charge in [-0.05, 0) is 53.6 Å². The van der Waals surface area contributed by atoms with Crippen LogP contribution in [0.4, 0.5) is 0 Å². The van der Waals surface area contributed by atoms with Crippen LogP contribution in [0.3, 0.4) is 0 Å². The molecule has 0 aromatic heterocycles. The van der Waals surface area contributed by atoms with Crippen molar-refractivity contribution >= 4 is 28.1 Å². The standard InChI is InChI=1S/C25H26N2O.C14H20N2/c1-2-3-5-17-24-23(20-11-6-4-7-12-20)18-27(26-24)25(28)22-16-10-14-19-13-8-9-15-21(19)22;1-2-3-5-10-14-13(11-15-16-14)12-8-6-4-7-9-12/h4,6-16,23H,2-3,5,17-18H2,1H3;4,6-9,13,15H,2-3,5,10-11H2,1H3. The van der Waals surface area contributed by atoms with Gasteiger partial charge < -0.3 is 5.43 Å². The van der Waals surface area contributed by atoms with Crippen LogP contribution in [0.2, 0.25) is 0 Å². The number of carbonyl (C=O) groups is 1. The van der Waals surface area contributed by atoms with Crippen molar-refractivity contribution in [2.45, 2.75) is 77.0 Å². The van der Waals surface area contributed by atoms with Gasteiger partial charge in [0.2, 0.25) is 0 Å². The Morgan fingerprint density at radius 2 is 1.30 bits per heavy atom. The molecule has 0 fully saturated rings. The fourth-order valence-corrected chi connectivity index (χ4v) is 6.20. The molecule has 5 nitrogen and oxygen atoms in total. The Morgan fingerprint density at radius 1 is 0.705 bits per heavy atom. The molecule has 2 unspecified atom stereocenters. The lowest BCUT2D eigenvalue weighted by molar-refractivity contribution is 0.0776. The number of hydrogen-bond acceptors (Lipinski definition) is 4. The predicted molar refractivity (Wildman–Crippen MR) is 185 cm³/mol. The van der Waals surface area contributed by atoms with E-state index in [2.05, 4.69) is 79.0 Å². The van der Waals surface area contributed by atoms with E-state index in [-0.39, 0.29) is 11.8 Å². The number of benzene rings is 4. The van der Waals surface area contributed by atoms with E-state index in [4.69, 9.17) is 5.10 Å². The Balaban J connectivity index is 0.000000204. The van der Waals surface area contributed by atoms with Crippen LogP contribution in [0.15, 0.2) is 113 Å². The van der Waals surface area contributed by atoms with Gasteiger partial charge in [0.1, 0.15) is 0 Å². The first kappa shape index (κ1) is 31.2. The molecule has 4 aromatic carbocycles. The second-order valence-electron chi connectivity index (χ2n) is 11.8. The van der Waals surface area contributed by atoms with Crippen molar-refractivity contribution in [3.8, 4) is 0 Å². The maximum Gasteiger partial charge on any atom is 0.274 e. The van der Waals surface area contributed by atoms with Crippen molar-refractivity contribution in [3.05, 3.63) is 120 Å². The summed E-state index contributed by atoms with van der Waals surface area (Å²) in [6, 6.07) is 35.1. The Labute approximate surface area is 263 Å². The van der Waals surface area contributed by atoms with Gasteiger partial charge in [0.15, 0.2) is 0 Å². The van der Waals surface area contributed by atoms with Crippen LogP contribution >= 0.6 is 0 Å². The summed E-state index contributed by atoms with van der Waals surface area (Å²) in [6.45, 7) is 6.03. The second-order valence-corrected chi connectivity index (χ2v) is 11.8. The van der Waals surface area contributed by atoms with Gasteiger partial charge in [-0.15, -0.1) is 0 Å². The molecule has 2 atom stereocenters. The lowest BCUT2D eigenvalue weighted by Gasteiger charge is -2.16. The fourth-order valence-electron chi connectivity index (χ4n) is 6.20. The molecule has 0 saturated heterocycles. The zero-order chi connectivity index (χ0) is 30.6. The summed E-state index contributed by atoms with van der Waals surface area (Å²) in [5, 5.41) is 13.0. The lowest BCUT2D eigenvalue weighted by atomic mass is 9.91. The van der Waals surface area contributed by atoms with Gasteiger partial charge in [0.25, 0.3) is 5.91 Å². The van der Waals surface area contributed by atoms with Crippen LogP contribution in [0.5, 0.6) is 0 Å². The fraction of sp³-hybridized carbons (Fsp3) is 0.359. The lowest BCUT2D eigenvalue weighted by Crippen LogP contribution is -2.26. The van der Waals surface area contributed by atoms with E-state index < -0.39 is 0 Å². The quantitative estimate of drug-likeness (QED) is 0.178. The second kappa shape index (κ2) is 16.0. The van der Waals surface area contributed by atoms with Crippen LogP contribution in [0.25, 0.3) is 10.8 Å². The first-order chi connectivity index (χ1) is 21.7. The first-order valence-electron chi connectivity index (χ1n) is 16.5. The first-order valence-corrected chi connectivity index (χ1v) is 16.5. The molecular formula is C39H46N4O. The zero-order valence-electron chi connectivity index (χ0n) is 26.3. The number of hydrazone groups is 2. The van der Waals surface area contributed by atoms with Crippen LogP contribution in [-0.2, 0) is 0 Å². The van der Waals surface area contributed by atoms with Crippen molar-refractivity contribution in [1.29, 1.82) is 0 Å². The highest BCUT2D eigenvalue weighted by atomic mass is 16.2. The number of hydrogen-bond donors (Lipinski definition) is 1. The summed E-state index contributed by atoms with van der Waals surface area (Å²) >= 11 is 0. The summed E-state index contributed by atoms with van der Waals surface area (Å²) in [5.41, 5.74) is 8.96. The van der Waals surface area contributed by atoms with Gasteiger partial charge in [0.05, 0.1) is 6.54 Å². The third-order valence-corrected chi connectivity index (χ3v) is 8.66. The van der Waals surface area contributed by atoms with Crippen molar-refractivity contribution in [2.75, 3.05) is 13.1 Å². The third-order valence-electron chi connectivity index (χ3n) is 8.66. The molecule has 0 bridgehead atoms. The molecule has 4 aromatic rings. The molecule has 1 amide bonds. The topological polar surface area (TPSA) is 57.1 Å². The summed E-state index contributed by atoms with van der Waals surface area (Å²) in [5.74, 6) is 0.679. The minimum Gasteiger partial charge on any atom is -0.309 e. The molecule has 2 aliphatic rings. The van der Waals surface area contributed by atoms with Gasteiger partial charge in [0, 0.05) is 35.4 Å². The van der Waals surface area contributed by atoms with Crippen LogP contribution in [0.1, 0.15) is 98.5 Å². The number of nitrogens with zero attached hydrogens (tertiary/aromatic N) is 3. The zero-order valence-corrected chi connectivity index (χ0v) is 26.3. The normalized spacial score (nSPS) is 17.5. The van der Waals surface area contributed by atoms with E-state index in [1.54, 1.807) is 5.01 Å². The average molecular weight is 587 g/mol. The van der Waals surface area contributed by atoms with Crippen LogP contribution in [0, 0.1) is 0 Å². The van der Waals surface area contributed by atoms with Crippen molar-refractivity contribution in [3.63, 3.8) is 0 Å². The van der Waals surface area contributed by atoms with Crippen LogP contribution in [-0.4, -0.2) is 35.4 Å². The van der Waals surface area contributed by atoms with Crippen molar-refractivity contribution < 1.29 is 4.79 Å². The molecule has 1 N–H and O–H groups in total. The molecule has 2 heterocycles. The van der Waals surface area contributed by atoms with Gasteiger partial charge >= 0.3 is 0 Å². The molecule has 0 spiro atoms. The average Bonchev–Trinajstić information content (AvgIpc) is 3.73. The maximum atomic E-state index is 13.3. The van der Waals surface area contributed by atoms with Crippen molar-refractivity contribution in [1.82, 2.24) is 10.4 Å². The van der Waals surface area contributed by atoms with E-state index in [1.807, 2.05) is 48.5 Å². The summed E-state index contributed by atoms with van der Waals surface area (Å²) in [7, 11) is 0. The molecule has 2 aliphatic heterocycles. The molecule has 6 rings (SSSR count). The van der Waals surface area contributed by atoms with E-state index in [0.717, 1.165) is 47.9 Å².